The highest BCUT2D eigenvalue weighted by atomic mass is 32.2. The number of anilines is 1. The number of hydrogen-bond acceptors (Lipinski definition) is 4. The molecule has 31 heavy (non-hydrogen) atoms. The van der Waals surface area contributed by atoms with Crippen LogP contribution in [-0.4, -0.2) is 56.3 Å². The first kappa shape index (κ1) is 21.8. The van der Waals surface area contributed by atoms with Crippen molar-refractivity contribution >= 4 is 21.6 Å². The van der Waals surface area contributed by atoms with Crippen molar-refractivity contribution in [1.82, 2.24) is 9.80 Å². The Morgan fingerprint density at radius 2 is 1.68 bits per heavy atom. The maximum Gasteiger partial charge on any atom is 0.261 e. The number of rotatable bonds is 5. The molecule has 2 saturated heterocycles. The third kappa shape index (κ3) is 4.93. The number of benzene rings is 2. The predicted octanol–water partition coefficient (Wildman–Crippen LogP) is 3.80. The number of aryl methyl sites for hydroxylation is 2. The van der Waals surface area contributed by atoms with Crippen molar-refractivity contribution in [1.29, 1.82) is 0 Å². The lowest BCUT2D eigenvalue weighted by Crippen LogP contribution is -2.46. The summed E-state index contributed by atoms with van der Waals surface area (Å²) in [6.45, 7) is 7.55. The summed E-state index contributed by atoms with van der Waals surface area (Å²) in [6.07, 6.45) is 4.52. The van der Waals surface area contributed by atoms with E-state index in [1.54, 1.807) is 24.3 Å². The molecule has 4 rings (SSSR count). The van der Waals surface area contributed by atoms with Gasteiger partial charge in [0, 0.05) is 30.4 Å². The van der Waals surface area contributed by atoms with Crippen molar-refractivity contribution in [2.24, 2.45) is 0 Å². The number of likely N-dealkylation sites (tertiary alicyclic amines) is 2. The van der Waals surface area contributed by atoms with Crippen LogP contribution in [0.5, 0.6) is 0 Å². The standard InChI is InChI=1S/C24H31N3O3S/c1-18-6-5-7-20(16-18)25-31(29,30)22-9-8-19(2)23(17-22)24(28)27-14-10-21(11-15-27)26-12-3-4-13-26/h5-9,16-17,21,25H,3-4,10-15H2,1-2H3. The summed E-state index contributed by atoms with van der Waals surface area (Å²) in [5, 5.41) is 0. The molecule has 2 heterocycles. The summed E-state index contributed by atoms with van der Waals surface area (Å²) < 4.78 is 28.5. The molecule has 0 bridgehead atoms. The van der Waals surface area contributed by atoms with Crippen LogP contribution in [0.2, 0.25) is 0 Å². The zero-order valence-electron chi connectivity index (χ0n) is 18.3. The lowest BCUT2D eigenvalue weighted by atomic mass is 10.0. The van der Waals surface area contributed by atoms with Crippen LogP contribution in [0.15, 0.2) is 47.4 Å². The van der Waals surface area contributed by atoms with Crippen LogP contribution in [0.25, 0.3) is 0 Å². The minimum atomic E-state index is -3.78. The molecule has 2 aromatic carbocycles. The van der Waals surface area contributed by atoms with Crippen LogP contribution in [-0.2, 0) is 10.0 Å². The summed E-state index contributed by atoms with van der Waals surface area (Å²) in [6, 6.07) is 12.6. The Balaban J connectivity index is 1.49. The fourth-order valence-corrected chi connectivity index (χ4v) is 5.71. The Morgan fingerprint density at radius 1 is 0.968 bits per heavy atom. The van der Waals surface area contributed by atoms with E-state index in [-0.39, 0.29) is 10.8 Å². The Morgan fingerprint density at radius 3 is 2.35 bits per heavy atom. The number of sulfonamides is 1. The zero-order chi connectivity index (χ0) is 22.0. The fraction of sp³-hybridized carbons (Fsp3) is 0.458. The van der Waals surface area contributed by atoms with E-state index in [1.807, 2.05) is 30.9 Å². The van der Waals surface area contributed by atoms with E-state index < -0.39 is 10.0 Å². The molecule has 6 nitrogen and oxygen atoms in total. The molecule has 0 spiro atoms. The smallest absolute Gasteiger partial charge is 0.261 e. The van der Waals surface area contributed by atoms with E-state index in [4.69, 9.17) is 0 Å². The Hall–Kier alpha value is -2.38. The van der Waals surface area contributed by atoms with Crippen LogP contribution >= 0.6 is 0 Å². The maximum atomic E-state index is 13.2. The summed E-state index contributed by atoms with van der Waals surface area (Å²) in [5.74, 6) is -0.0787. The van der Waals surface area contributed by atoms with Gasteiger partial charge < -0.3 is 9.80 Å². The third-order valence-corrected chi connectivity index (χ3v) is 7.81. The van der Waals surface area contributed by atoms with E-state index in [9.17, 15) is 13.2 Å². The number of carbonyl (C=O) groups is 1. The van der Waals surface area contributed by atoms with Gasteiger partial charge in [0.1, 0.15) is 0 Å². The average molecular weight is 442 g/mol. The lowest BCUT2D eigenvalue weighted by Gasteiger charge is -2.36. The average Bonchev–Trinajstić information content (AvgIpc) is 3.28. The minimum Gasteiger partial charge on any atom is -0.339 e. The van der Waals surface area contributed by atoms with Gasteiger partial charge in [-0.1, -0.05) is 18.2 Å². The molecule has 2 aromatic rings. The van der Waals surface area contributed by atoms with Crippen molar-refractivity contribution < 1.29 is 13.2 Å². The second-order valence-corrected chi connectivity index (χ2v) is 10.4. The summed E-state index contributed by atoms with van der Waals surface area (Å²) in [7, 11) is -3.78. The van der Waals surface area contributed by atoms with Gasteiger partial charge in [-0.2, -0.15) is 0 Å². The number of piperidine rings is 1. The summed E-state index contributed by atoms with van der Waals surface area (Å²) >= 11 is 0. The maximum absolute atomic E-state index is 13.2. The predicted molar refractivity (Wildman–Crippen MR) is 123 cm³/mol. The van der Waals surface area contributed by atoms with Crippen molar-refractivity contribution in [3.63, 3.8) is 0 Å². The first-order valence-electron chi connectivity index (χ1n) is 11.1. The monoisotopic (exact) mass is 441 g/mol. The molecule has 1 N–H and O–H groups in total. The van der Waals surface area contributed by atoms with E-state index in [1.165, 1.54) is 32.0 Å². The molecule has 0 aromatic heterocycles. The van der Waals surface area contributed by atoms with E-state index >= 15 is 0 Å². The molecule has 0 atom stereocenters. The summed E-state index contributed by atoms with van der Waals surface area (Å²) in [4.78, 5) is 17.8. The normalized spacial score (nSPS) is 18.3. The molecule has 166 valence electrons. The van der Waals surface area contributed by atoms with Crippen LogP contribution in [0.4, 0.5) is 5.69 Å². The molecule has 2 aliphatic heterocycles. The van der Waals surface area contributed by atoms with Gasteiger partial charge in [0.05, 0.1) is 4.90 Å². The first-order valence-corrected chi connectivity index (χ1v) is 12.6. The fourth-order valence-electron chi connectivity index (χ4n) is 4.63. The molecular formula is C24H31N3O3S. The molecule has 2 aliphatic rings. The highest BCUT2D eigenvalue weighted by molar-refractivity contribution is 7.92. The first-order chi connectivity index (χ1) is 14.8. The van der Waals surface area contributed by atoms with Gasteiger partial charge in [-0.15, -0.1) is 0 Å². The Kier molecular flexibility index (Phi) is 6.34. The van der Waals surface area contributed by atoms with Crippen molar-refractivity contribution in [2.45, 2.75) is 50.5 Å². The van der Waals surface area contributed by atoms with Gasteiger partial charge in [0.15, 0.2) is 0 Å². The largest absolute Gasteiger partial charge is 0.339 e. The highest BCUT2D eigenvalue weighted by Crippen LogP contribution is 2.25. The molecule has 0 radical (unpaired) electrons. The van der Waals surface area contributed by atoms with Gasteiger partial charge >= 0.3 is 0 Å². The van der Waals surface area contributed by atoms with Crippen molar-refractivity contribution in [3.05, 3.63) is 59.2 Å². The van der Waals surface area contributed by atoms with Crippen LogP contribution in [0.3, 0.4) is 0 Å². The van der Waals surface area contributed by atoms with E-state index in [0.717, 1.165) is 37.1 Å². The topological polar surface area (TPSA) is 69.7 Å². The quantitative estimate of drug-likeness (QED) is 0.766. The molecule has 2 fully saturated rings. The van der Waals surface area contributed by atoms with Gasteiger partial charge in [-0.3, -0.25) is 9.52 Å². The zero-order valence-corrected chi connectivity index (χ0v) is 19.1. The van der Waals surface area contributed by atoms with Gasteiger partial charge in [0.25, 0.3) is 15.9 Å². The van der Waals surface area contributed by atoms with Crippen LogP contribution < -0.4 is 4.72 Å². The molecule has 7 heteroatoms. The molecule has 1 amide bonds. The number of nitrogens with one attached hydrogen (secondary N) is 1. The number of carbonyl (C=O) groups excluding carboxylic acids is 1. The highest BCUT2D eigenvalue weighted by Gasteiger charge is 2.29. The van der Waals surface area contributed by atoms with Gasteiger partial charge in [0.2, 0.25) is 0 Å². The van der Waals surface area contributed by atoms with Crippen LogP contribution in [0.1, 0.15) is 47.2 Å². The van der Waals surface area contributed by atoms with Crippen LogP contribution in [0, 0.1) is 13.8 Å². The Labute approximate surface area is 185 Å². The second-order valence-electron chi connectivity index (χ2n) is 8.72. The lowest BCUT2D eigenvalue weighted by molar-refractivity contribution is 0.0643. The number of hydrogen-bond donors (Lipinski definition) is 1. The molecule has 0 saturated carbocycles. The van der Waals surface area contributed by atoms with Gasteiger partial charge in [-0.25, -0.2) is 8.42 Å². The number of amides is 1. The number of nitrogens with zero attached hydrogens (tertiary/aromatic N) is 2. The van der Waals surface area contributed by atoms with Gasteiger partial charge in [-0.05, 0) is 88.0 Å². The van der Waals surface area contributed by atoms with Crippen molar-refractivity contribution in [2.75, 3.05) is 30.9 Å². The third-order valence-electron chi connectivity index (χ3n) is 6.43. The Bertz CT molecular complexity index is 1050. The van der Waals surface area contributed by atoms with E-state index in [0.29, 0.717) is 17.3 Å². The molecule has 0 unspecified atom stereocenters. The van der Waals surface area contributed by atoms with Crippen molar-refractivity contribution in [3.8, 4) is 0 Å². The SMILES string of the molecule is Cc1cccc(NS(=O)(=O)c2ccc(C)c(C(=O)N3CCC(N4CCCC4)CC3)c2)c1. The molecule has 0 aliphatic carbocycles. The van der Waals surface area contributed by atoms with E-state index in [2.05, 4.69) is 9.62 Å². The summed E-state index contributed by atoms with van der Waals surface area (Å²) in [5.41, 5.74) is 2.74. The second kappa shape index (κ2) is 9.01. The minimum absolute atomic E-state index is 0.0787. The molecular weight excluding hydrogens is 410 g/mol.